The van der Waals surface area contributed by atoms with Crippen molar-refractivity contribution in [3.63, 3.8) is 0 Å². The van der Waals surface area contributed by atoms with E-state index >= 15 is 0 Å². The molecule has 2 rings (SSSR count). The van der Waals surface area contributed by atoms with Gasteiger partial charge in [-0.05, 0) is 36.5 Å². The van der Waals surface area contributed by atoms with Gasteiger partial charge in [0.2, 0.25) is 5.91 Å². The Labute approximate surface area is 189 Å². The van der Waals surface area contributed by atoms with Gasteiger partial charge in [-0.2, -0.15) is 0 Å². The highest BCUT2D eigenvalue weighted by molar-refractivity contribution is 14.0. The highest BCUT2D eigenvalue weighted by Crippen LogP contribution is 2.19. The molecule has 1 saturated heterocycles. The first kappa shape index (κ1) is 25.0. The van der Waals surface area contributed by atoms with Crippen molar-refractivity contribution >= 4 is 41.8 Å². The maximum Gasteiger partial charge on any atom is 0.259 e. The van der Waals surface area contributed by atoms with Crippen LogP contribution < -0.4 is 15.8 Å². The Morgan fingerprint density at radius 3 is 2.79 bits per heavy atom. The predicted octanol–water partition coefficient (Wildman–Crippen LogP) is 1.43. The minimum atomic E-state index is -0.251. The summed E-state index contributed by atoms with van der Waals surface area (Å²) in [6.07, 6.45) is 2.45. The number of primary amides is 1. The SMILES string of the molecule is CN=C(NCc1cccc(OCC(=O)N(C)C)c1)N1CCCC(CC(N)=O)C1.I. The number of carbonyl (C=O) groups is 2. The standard InChI is InChI=1S/C20H31N5O3.HI/c1-22-20(25-9-5-7-16(13-25)11-18(21)26)23-12-15-6-4-8-17(10-15)28-14-19(27)24(2)3;/h4,6,8,10,16H,5,7,9,11-14H2,1-3H3,(H2,21,26)(H,22,23);1H. The summed E-state index contributed by atoms with van der Waals surface area (Å²) < 4.78 is 5.57. The third-order valence-electron chi connectivity index (χ3n) is 4.73. The maximum atomic E-state index is 11.7. The summed E-state index contributed by atoms with van der Waals surface area (Å²) in [5.74, 6) is 1.40. The zero-order chi connectivity index (χ0) is 20.5. The molecule has 9 heteroatoms. The van der Waals surface area contributed by atoms with Crippen LogP contribution in [-0.2, 0) is 16.1 Å². The normalized spacial score (nSPS) is 16.6. The molecule has 1 heterocycles. The zero-order valence-electron chi connectivity index (χ0n) is 17.4. The number of likely N-dealkylation sites (tertiary alicyclic amines) is 1. The molecular formula is C20H32IN5O3. The average Bonchev–Trinajstić information content (AvgIpc) is 2.66. The van der Waals surface area contributed by atoms with Crippen LogP contribution in [0.5, 0.6) is 5.75 Å². The van der Waals surface area contributed by atoms with Crippen LogP contribution in [0.3, 0.4) is 0 Å². The molecule has 0 radical (unpaired) electrons. The number of nitrogens with two attached hydrogens (primary N) is 1. The molecule has 8 nitrogen and oxygen atoms in total. The highest BCUT2D eigenvalue weighted by atomic mass is 127. The van der Waals surface area contributed by atoms with E-state index in [1.807, 2.05) is 24.3 Å². The van der Waals surface area contributed by atoms with Crippen LogP contribution >= 0.6 is 24.0 Å². The van der Waals surface area contributed by atoms with Crippen molar-refractivity contribution in [3.8, 4) is 5.75 Å². The van der Waals surface area contributed by atoms with E-state index in [-0.39, 0.29) is 48.3 Å². The fourth-order valence-electron chi connectivity index (χ4n) is 3.24. The molecule has 0 aliphatic carbocycles. The number of piperidine rings is 1. The lowest BCUT2D eigenvalue weighted by atomic mass is 9.95. The van der Waals surface area contributed by atoms with Crippen molar-refractivity contribution in [2.45, 2.75) is 25.8 Å². The van der Waals surface area contributed by atoms with Gasteiger partial charge in [-0.25, -0.2) is 0 Å². The largest absolute Gasteiger partial charge is 0.484 e. The lowest BCUT2D eigenvalue weighted by molar-refractivity contribution is -0.130. The number of likely N-dealkylation sites (N-methyl/N-ethyl adjacent to an activating group) is 1. The molecule has 29 heavy (non-hydrogen) atoms. The van der Waals surface area contributed by atoms with Gasteiger partial charge in [0.15, 0.2) is 12.6 Å². The molecule has 0 bridgehead atoms. The Kier molecular flexibility index (Phi) is 10.8. The van der Waals surface area contributed by atoms with E-state index in [4.69, 9.17) is 10.5 Å². The van der Waals surface area contributed by atoms with Gasteiger partial charge >= 0.3 is 0 Å². The van der Waals surface area contributed by atoms with Crippen LogP contribution in [0.2, 0.25) is 0 Å². The monoisotopic (exact) mass is 517 g/mol. The molecule has 2 amide bonds. The van der Waals surface area contributed by atoms with Crippen LogP contribution in [0.4, 0.5) is 0 Å². The number of nitrogens with zero attached hydrogens (tertiary/aromatic N) is 3. The van der Waals surface area contributed by atoms with E-state index in [2.05, 4.69) is 15.2 Å². The Bertz CT molecular complexity index is 711. The molecule has 0 spiro atoms. The minimum absolute atomic E-state index is 0. The number of ether oxygens (including phenoxy) is 1. The molecule has 1 aromatic carbocycles. The van der Waals surface area contributed by atoms with Crippen molar-refractivity contribution in [2.75, 3.05) is 40.8 Å². The lowest BCUT2D eigenvalue weighted by Gasteiger charge is -2.34. The van der Waals surface area contributed by atoms with Gasteiger partial charge in [0, 0.05) is 47.2 Å². The van der Waals surface area contributed by atoms with E-state index in [0.29, 0.717) is 18.7 Å². The van der Waals surface area contributed by atoms with Crippen LogP contribution in [-0.4, -0.2) is 68.4 Å². The van der Waals surface area contributed by atoms with Crippen LogP contribution in [0.15, 0.2) is 29.3 Å². The predicted molar refractivity (Wildman–Crippen MR) is 124 cm³/mol. The summed E-state index contributed by atoms with van der Waals surface area (Å²) in [4.78, 5) is 30.9. The Morgan fingerprint density at radius 2 is 2.14 bits per heavy atom. The van der Waals surface area contributed by atoms with Crippen molar-refractivity contribution < 1.29 is 14.3 Å². The van der Waals surface area contributed by atoms with Crippen molar-refractivity contribution in [3.05, 3.63) is 29.8 Å². The fourth-order valence-corrected chi connectivity index (χ4v) is 3.24. The van der Waals surface area contributed by atoms with Gasteiger partial charge in [-0.1, -0.05) is 12.1 Å². The minimum Gasteiger partial charge on any atom is -0.484 e. The first-order valence-corrected chi connectivity index (χ1v) is 9.54. The second-order valence-electron chi connectivity index (χ2n) is 7.25. The Balaban J connectivity index is 0.00000420. The maximum absolute atomic E-state index is 11.7. The van der Waals surface area contributed by atoms with Crippen molar-refractivity contribution in [1.29, 1.82) is 0 Å². The van der Waals surface area contributed by atoms with Crippen LogP contribution in [0.1, 0.15) is 24.8 Å². The molecule has 0 saturated carbocycles. The van der Waals surface area contributed by atoms with Gasteiger partial charge < -0.3 is 25.6 Å². The van der Waals surface area contributed by atoms with E-state index in [1.165, 1.54) is 4.90 Å². The molecule has 1 aromatic rings. The number of rotatable bonds is 7. The summed E-state index contributed by atoms with van der Waals surface area (Å²) in [6, 6.07) is 7.64. The number of amides is 2. The Hall–Kier alpha value is -2.04. The van der Waals surface area contributed by atoms with E-state index in [9.17, 15) is 9.59 Å². The molecule has 0 aromatic heterocycles. The second kappa shape index (κ2) is 12.5. The second-order valence-corrected chi connectivity index (χ2v) is 7.25. The number of hydrogen-bond acceptors (Lipinski definition) is 4. The van der Waals surface area contributed by atoms with Gasteiger partial charge in [0.1, 0.15) is 5.75 Å². The molecular weight excluding hydrogens is 485 g/mol. The third kappa shape index (κ3) is 8.46. The first-order valence-electron chi connectivity index (χ1n) is 9.54. The van der Waals surface area contributed by atoms with Gasteiger partial charge in [-0.3, -0.25) is 14.6 Å². The molecule has 1 aliphatic rings. The van der Waals surface area contributed by atoms with Crippen molar-refractivity contribution in [2.24, 2.45) is 16.6 Å². The third-order valence-corrected chi connectivity index (χ3v) is 4.73. The summed E-state index contributed by atoms with van der Waals surface area (Å²) in [7, 11) is 5.16. The lowest BCUT2D eigenvalue weighted by Crippen LogP contribution is -2.46. The van der Waals surface area contributed by atoms with Crippen molar-refractivity contribution in [1.82, 2.24) is 15.1 Å². The highest BCUT2D eigenvalue weighted by Gasteiger charge is 2.23. The summed E-state index contributed by atoms with van der Waals surface area (Å²) in [5, 5.41) is 3.37. The number of carbonyl (C=O) groups excluding carboxylic acids is 2. The van der Waals surface area contributed by atoms with E-state index in [1.54, 1.807) is 21.1 Å². The smallest absolute Gasteiger partial charge is 0.259 e. The van der Waals surface area contributed by atoms with Crippen LogP contribution in [0, 0.1) is 5.92 Å². The topological polar surface area (TPSA) is 100 Å². The van der Waals surface area contributed by atoms with E-state index < -0.39 is 0 Å². The van der Waals surface area contributed by atoms with Gasteiger partial charge in [0.05, 0.1) is 0 Å². The quantitative estimate of drug-likeness (QED) is 0.324. The Morgan fingerprint density at radius 1 is 1.38 bits per heavy atom. The number of halogens is 1. The average molecular weight is 517 g/mol. The van der Waals surface area contributed by atoms with E-state index in [0.717, 1.165) is 37.5 Å². The number of hydrogen-bond donors (Lipinski definition) is 2. The summed E-state index contributed by atoms with van der Waals surface area (Å²) in [5.41, 5.74) is 6.38. The first-order chi connectivity index (χ1) is 13.4. The molecule has 1 unspecified atom stereocenters. The summed E-state index contributed by atoms with van der Waals surface area (Å²) >= 11 is 0. The number of nitrogens with one attached hydrogen (secondary N) is 1. The van der Waals surface area contributed by atoms with Gasteiger partial charge in [-0.15, -0.1) is 24.0 Å². The molecule has 1 fully saturated rings. The number of aliphatic imine (C=N–C) groups is 1. The van der Waals surface area contributed by atoms with Gasteiger partial charge in [0.25, 0.3) is 5.91 Å². The molecule has 1 atom stereocenters. The zero-order valence-corrected chi connectivity index (χ0v) is 19.7. The van der Waals surface area contributed by atoms with Crippen LogP contribution in [0.25, 0.3) is 0 Å². The number of guanidine groups is 1. The molecule has 162 valence electrons. The fraction of sp³-hybridized carbons (Fsp3) is 0.550. The molecule has 3 N–H and O–H groups in total. The summed E-state index contributed by atoms with van der Waals surface area (Å²) in [6.45, 7) is 2.28. The number of benzene rings is 1. The molecule has 1 aliphatic heterocycles.